The van der Waals surface area contributed by atoms with Crippen molar-refractivity contribution in [2.24, 2.45) is 0 Å². The van der Waals surface area contributed by atoms with Crippen LogP contribution in [-0.4, -0.2) is 50.7 Å². The minimum absolute atomic E-state index is 0.309. The van der Waals surface area contributed by atoms with E-state index in [9.17, 15) is 15.2 Å². The fourth-order valence-electron chi connectivity index (χ4n) is 6.31. The number of benzene rings is 3. The summed E-state index contributed by atoms with van der Waals surface area (Å²) < 4.78 is 36.4. The van der Waals surface area contributed by atoms with Crippen LogP contribution in [0.2, 0.25) is 0 Å². The van der Waals surface area contributed by atoms with E-state index in [0.717, 1.165) is 61.6 Å². The van der Waals surface area contributed by atoms with Crippen molar-refractivity contribution in [3.05, 3.63) is 83.2 Å². The average Bonchev–Trinajstić information content (AvgIpc) is 3.79. The number of hydrogen-bond acceptors (Lipinski definition) is 11. The monoisotopic (exact) mass is 778 g/mol. The number of carboxylic acid groups (broad SMARTS) is 1. The zero-order valence-electron chi connectivity index (χ0n) is 30.8. The summed E-state index contributed by atoms with van der Waals surface area (Å²) in [7, 11) is 0. The van der Waals surface area contributed by atoms with Crippen LogP contribution >= 0.6 is 22.7 Å². The predicted molar refractivity (Wildman–Crippen MR) is 216 cm³/mol. The Morgan fingerprint density at radius 2 is 1.20 bits per heavy atom. The normalized spacial score (nSPS) is 13.2. The lowest BCUT2D eigenvalue weighted by Crippen LogP contribution is -2.15. The maximum absolute atomic E-state index is 11.7. The average molecular weight is 779 g/mol. The van der Waals surface area contributed by atoms with E-state index in [2.05, 4.69) is 67.3 Å². The molecule has 0 fully saturated rings. The third kappa shape index (κ3) is 8.38. The van der Waals surface area contributed by atoms with Crippen molar-refractivity contribution in [2.75, 3.05) is 44.5 Å². The summed E-state index contributed by atoms with van der Waals surface area (Å²) in [6.45, 7) is 7.09. The number of nitriles is 1. The number of ether oxygens (including phenoxy) is 6. The highest BCUT2D eigenvalue weighted by Crippen LogP contribution is 2.60. The second-order valence-electron chi connectivity index (χ2n) is 12.9. The summed E-state index contributed by atoms with van der Waals surface area (Å²) in [5, 5.41) is 19.0. The second-order valence-corrected chi connectivity index (χ2v) is 14.9. The van der Waals surface area contributed by atoms with Crippen LogP contribution in [0, 0.1) is 11.3 Å². The Morgan fingerprint density at radius 3 is 1.75 bits per heavy atom. The number of unbranched alkanes of at least 4 members (excludes halogenated alkanes) is 3. The molecule has 0 saturated carbocycles. The molecule has 3 aromatic carbocycles. The Bertz CT molecular complexity index is 2170. The van der Waals surface area contributed by atoms with Gasteiger partial charge in [-0.25, -0.2) is 4.79 Å². The lowest BCUT2D eigenvalue weighted by Gasteiger charge is -2.26. The third-order valence-electron chi connectivity index (χ3n) is 8.97. The fraction of sp³-hybridized carbons (Fsp3) is 0.302. The number of fused-ring (bicyclic) bond motifs is 2. The molecule has 2 aromatic heterocycles. The Kier molecular flexibility index (Phi) is 12.1. The first-order valence-electron chi connectivity index (χ1n) is 18.6. The van der Waals surface area contributed by atoms with Gasteiger partial charge < -0.3 is 38.4 Å². The Labute approximate surface area is 328 Å². The van der Waals surface area contributed by atoms with Gasteiger partial charge in [0, 0.05) is 17.1 Å². The van der Waals surface area contributed by atoms with Gasteiger partial charge in [-0.15, -0.1) is 22.7 Å². The molecule has 1 N–H and O–H groups in total. The van der Waals surface area contributed by atoms with Crippen LogP contribution in [0.3, 0.4) is 0 Å². The molecule has 55 heavy (non-hydrogen) atoms. The summed E-state index contributed by atoms with van der Waals surface area (Å²) in [6.07, 6.45) is 6.88. The maximum Gasteiger partial charge on any atom is 0.346 e. The highest BCUT2D eigenvalue weighted by molar-refractivity contribution is 7.25. The van der Waals surface area contributed by atoms with Crippen molar-refractivity contribution in [3.63, 3.8) is 0 Å². The highest BCUT2D eigenvalue weighted by Gasteiger charge is 2.33. The molecule has 0 bridgehead atoms. The molecular formula is C43H42N2O8S2. The first-order valence-corrected chi connectivity index (χ1v) is 20.2. The third-order valence-corrected chi connectivity index (χ3v) is 11.4. The molecule has 0 saturated heterocycles. The van der Waals surface area contributed by atoms with Gasteiger partial charge >= 0.3 is 5.97 Å². The largest absolute Gasteiger partial charge is 0.494 e. The number of anilines is 3. The fourth-order valence-corrected chi connectivity index (χ4v) is 8.76. The van der Waals surface area contributed by atoms with E-state index < -0.39 is 11.5 Å². The molecule has 0 atom stereocenters. The van der Waals surface area contributed by atoms with Crippen LogP contribution in [-0.2, 0) is 4.79 Å². The molecule has 5 aromatic rings. The molecule has 0 amide bonds. The summed E-state index contributed by atoms with van der Waals surface area (Å²) in [4.78, 5) is 16.8. The van der Waals surface area contributed by atoms with Crippen LogP contribution in [0.25, 0.3) is 26.3 Å². The molecule has 0 unspecified atom stereocenters. The van der Waals surface area contributed by atoms with E-state index in [4.69, 9.17) is 28.4 Å². The first kappa shape index (κ1) is 37.7. The number of rotatable bonds is 16. The summed E-state index contributed by atoms with van der Waals surface area (Å²) in [6, 6.07) is 26.4. The lowest BCUT2D eigenvalue weighted by molar-refractivity contribution is -0.132. The number of thiophene rings is 2. The zero-order chi connectivity index (χ0) is 38.1. The van der Waals surface area contributed by atoms with Gasteiger partial charge in [0.1, 0.15) is 49.6 Å². The van der Waals surface area contributed by atoms with Gasteiger partial charge in [-0.05, 0) is 85.1 Å². The molecular weight excluding hydrogens is 737 g/mol. The summed E-state index contributed by atoms with van der Waals surface area (Å²) >= 11 is 2.80. The molecule has 7 rings (SSSR count). The topological polar surface area (TPSA) is 120 Å². The van der Waals surface area contributed by atoms with Gasteiger partial charge in [0.25, 0.3) is 0 Å². The molecule has 4 heterocycles. The van der Waals surface area contributed by atoms with Crippen LogP contribution in [0.4, 0.5) is 17.1 Å². The maximum atomic E-state index is 11.7. The van der Waals surface area contributed by atoms with E-state index in [-0.39, 0.29) is 0 Å². The predicted octanol–water partition coefficient (Wildman–Crippen LogP) is 10.9. The molecule has 2 aliphatic heterocycles. The smallest absolute Gasteiger partial charge is 0.346 e. The molecule has 2 aliphatic rings. The number of aliphatic carboxylic acids is 1. The van der Waals surface area contributed by atoms with Gasteiger partial charge in [-0.2, -0.15) is 5.26 Å². The standard InChI is InChI=1S/C43H42N2O8S2/c1-3-5-6-7-21-49-34-18-14-32(15-19-34)45(31-12-16-33(17-13-31)48-20-4-2)30-10-8-28(9-11-30)40-38-39(53-25-24-52-38)42(55-40)41-37-36(50-22-23-51-37)35(54-41)26-29(27-44)43(46)47/h8-19,26H,3-7,20-25H2,1-2H3,(H,46,47). The molecule has 10 nitrogen and oxygen atoms in total. The minimum Gasteiger partial charge on any atom is -0.494 e. The van der Waals surface area contributed by atoms with Crippen LogP contribution in [0.1, 0.15) is 50.8 Å². The zero-order valence-corrected chi connectivity index (χ0v) is 32.4. The van der Waals surface area contributed by atoms with Gasteiger partial charge in [0.2, 0.25) is 0 Å². The van der Waals surface area contributed by atoms with E-state index >= 15 is 0 Å². The van der Waals surface area contributed by atoms with Crippen LogP contribution in [0.5, 0.6) is 34.5 Å². The molecule has 0 radical (unpaired) electrons. The number of hydrogen-bond donors (Lipinski definition) is 1. The quantitative estimate of drug-likeness (QED) is 0.0589. The number of nitrogens with zero attached hydrogens (tertiary/aromatic N) is 2. The molecule has 12 heteroatoms. The second kappa shape index (κ2) is 17.7. The van der Waals surface area contributed by atoms with Crippen molar-refractivity contribution in [2.45, 2.75) is 46.0 Å². The summed E-state index contributed by atoms with van der Waals surface area (Å²) in [5.41, 5.74) is 3.47. The van der Waals surface area contributed by atoms with Gasteiger partial charge in [0.15, 0.2) is 23.0 Å². The molecule has 0 spiro atoms. The van der Waals surface area contributed by atoms with Crippen LogP contribution in [0.15, 0.2) is 78.4 Å². The lowest BCUT2D eigenvalue weighted by atomic mass is 10.1. The van der Waals surface area contributed by atoms with Crippen LogP contribution < -0.4 is 33.3 Å². The first-order chi connectivity index (χ1) is 27.0. The highest BCUT2D eigenvalue weighted by atomic mass is 32.1. The number of carboxylic acids is 1. The van der Waals surface area contributed by atoms with Crippen molar-refractivity contribution in [1.29, 1.82) is 5.26 Å². The Morgan fingerprint density at radius 1 is 0.691 bits per heavy atom. The van der Waals surface area contributed by atoms with E-state index in [0.29, 0.717) is 67.5 Å². The Balaban J connectivity index is 1.23. The van der Waals surface area contributed by atoms with Gasteiger partial charge in [-0.3, -0.25) is 0 Å². The van der Waals surface area contributed by atoms with E-state index in [1.807, 2.05) is 24.3 Å². The molecule has 0 aliphatic carbocycles. The van der Waals surface area contributed by atoms with Crippen molar-refractivity contribution in [1.82, 2.24) is 0 Å². The SMILES string of the molecule is CCCCCCOc1ccc(N(c2ccc(OCCC)cc2)c2ccc(-c3sc(-c4sc(C=C(C#N)C(=O)O)c5c4OCCO5)c4c3OCCO4)cc2)cc1. The molecule has 284 valence electrons. The Hall–Kier alpha value is -5.64. The number of carbonyl (C=O) groups is 1. The van der Waals surface area contributed by atoms with E-state index in [1.165, 1.54) is 48.0 Å². The van der Waals surface area contributed by atoms with Crippen molar-refractivity contribution >= 4 is 51.8 Å². The van der Waals surface area contributed by atoms with Crippen molar-refractivity contribution < 1.29 is 38.3 Å². The van der Waals surface area contributed by atoms with Gasteiger partial charge in [0.05, 0.1) is 32.7 Å². The van der Waals surface area contributed by atoms with E-state index in [1.54, 1.807) is 6.07 Å². The minimum atomic E-state index is -1.31. The van der Waals surface area contributed by atoms with Crippen molar-refractivity contribution in [3.8, 4) is 60.8 Å². The summed E-state index contributed by atoms with van der Waals surface area (Å²) in [5.74, 6) is 2.52. The van der Waals surface area contributed by atoms with Gasteiger partial charge in [-0.1, -0.05) is 45.2 Å².